The first kappa shape index (κ1) is 62.4. The van der Waals surface area contributed by atoms with Gasteiger partial charge in [-0.25, -0.2) is 0 Å². The van der Waals surface area contributed by atoms with E-state index < -0.39 is 151 Å². The molecule has 2 aromatic carbocycles. The minimum absolute atomic E-state index is 0.0241. The van der Waals surface area contributed by atoms with Gasteiger partial charge in [-0.3, -0.25) is 67.6 Å². The third-order valence-corrected chi connectivity index (χ3v) is 13.1. The molecule has 3 saturated heterocycles. The van der Waals surface area contributed by atoms with Crippen LogP contribution in [0, 0.1) is 0 Å². The summed E-state index contributed by atoms with van der Waals surface area (Å²) in [7, 11) is 0. The number of carboxylic acids is 2. The summed E-state index contributed by atoms with van der Waals surface area (Å²) in [5.74, 6) is -14.8. The van der Waals surface area contributed by atoms with Gasteiger partial charge in [-0.05, 0) is 62.3 Å². The molecule has 3 aliphatic rings. The molecule has 3 aliphatic heterocycles. The number of fused-ring (bicyclic) bond motifs is 33. The van der Waals surface area contributed by atoms with Crippen LogP contribution in [0.2, 0.25) is 0 Å². The van der Waals surface area contributed by atoms with Gasteiger partial charge in [0.15, 0.2) is 0 Å². The SMILES string of the molecule is C[C@@H]1NC(=O)[C@H](Cc2ccccc2)NC(=O)[C@@H]2CCCCN[C@H](O)CC[C@H](NC(=O)[C@H](CC(N)=O)NC(=O)[C@H](CC(=O)O)NC(=O)[C@H](Cc3ccc(CC(=O)O)cc3)NC(=O)CNC1=O)C(=O)N[C@H](C(N)=O)CSCC(=O)N2. The van der Waals surface area contributed by atoms with E-state index in [2.05, 4.69) is 53.2 Å². The van der Waals surface area contributed by atoms with E-state index in [-0.39, 0.29) is 63.0 Å². The summed E-state index contributed by atoms with van der Waals surface area (Å²) in [6.07, 6.45) is -4.26. The van der Waals surface area contributed by atoms with E-state index in [1.807, 2.05) is 0 Å². The van der Waals surface area contributed by atoms with Crippen LogP contribution in [0.15, 0.2) is 54.6 Å². The fraction of sp³-hybridized carbons (Fsp3) is 0.490. The van der Waals surface area contributed by atoms with E-state index in [1.165, 1.54) is 31.2 Å². The van der Waals surface area contributed by atoms with E-state index in [1.54, 1.807) is 30.3 Å². The number of carbonyl (C=O) groups is 13. The van der Waals surface area contributed by atoms with Crippen molar-refractivity contribution >= 4 is 88.7 Å². The van der Waals surface area contributed by atoms with E-state index in [9.17, 15) is 77.6 Å². The summed E-state index contributed by atoms with van der Waals surface area (Å²) in [6.45, 7) is 0.589. The number of thioether (sulfide) groups is 1. The van der Waals surface area contributed by atoms with Gasteiger partial charge in [-0.15, -0.1) is 11.8 Å². The molecule has 3 fully saturated rings. The Morgan fingerprint density at radius 3 is 1.74 bits per heavy atom. The van der Waals surface area contributed by atoms with Crippen molar-refractivity contribution in [3.63, 3.8) is 0 Å². The molecular formula is C49H66N12O16S. The van der Waals surface area contributed by atoms with Gasteiger partial charge in [0.2, 0.25) is 65.0 Å². The Bertz CT molecular complexity index is 2520. The van der Waals surface area contributed by atoms with Gasteiger partial charge < -0.3 is 74.6 Å². The minimum atomic E-state index is -2.04. The largest absolute Gasteiger partial charge is 0.481 e. The molecular weight excluding hydrogens is 1040 g/mol. The lowest BCUT2D eigenvalue weighted by molar-refractivity contribution is -0.142. The van der Waals surface area contributed by atoms with E-state index in [0.29, 0.717) is 23.1 Å². The molecule has 28 nitrogen and oxygen atoms in total. The number of carbonyl (C=O) groups excluding carboxylic acids is 11. The number of hydrogen-bond donors (Lipinski definition) is 15. The number of nitrogens with one attached hydrogen (secondary N) is 10. The van der Waals surface area contributed by atoms with E-state index in [4.69, 9.17) is 11.5 Å². The molecule has 29 heteroatoms. The van der Waals surface area contributed by atoms with E-state index in [0.717, 1.165) is 11.8 Å². The van der Waals surface area contributed by atoms with Crippen LogP contribution in [0.4, 0.5) is 0 Å². The van der Waals surface area contributed by atoms with Crippen molar-refractivity contribution in [1.29, 1.82) is 0 Å². The third kappa shape index (κ3) is 21.8. The van der Waals surface area contributed by atoms with Crippen LogP contribution in [0.5, 0.6) is 0 Å². The van der Waals surface area contributed by atoms with Crippen LogP contribution < -0.4 is 64.6 Å². The van der Waals surface area contributed by atoms with E-state index >= 15 is 0 Å². The fourth-order valence-corrected chi connectivity index (χ4v) is 8.85. The molecule has 17 N–H and O–H groups in total. The Kier molecular flexibility index (Phi) is 24.9. The van der Waals surface area contributed by atoms with Crippen molar-refractivity contribution < 1.29 is 77.6 Å². The lowest BCUT2D eigenvalue weighted by Gasteiger charge is -2.27. The Morgan fingerprint density at radius 2 is 1.12 bits per heavy atom. The topological polar surface area (TPSA) is 455 Å². The predicted molar refractivity (Wildman–Crippen MR) is 275 cm³/mol. The van der Waals surface area contributed by atoms with Gasteiger partial charge >= 0.3 is 11.9 Å². The van der Waals surface area contributed by atoms with Crippen molar-refractivity contribution in [3.05, 3.63) is 71.3 Å². The maximum absolute atomic E-state index is 14.1. The average molecular weight is 1110 g/mol. The molecule has 0 radical (unpaired) electrons. The van der Waals surface area contributed by atoms with Gasteiger partial charge in [-0.1, -0.05) is 54.6 Å². The molecule has 0 spiro atoms. The number of nitrogens with two attached hydrogens (primary N) is 2. The van der Waals surface area contributed by atoms with Gasteiger partial charge in [0.1, 0.15) is 54.6 Å². The Morgan fingerprint density at radius 1 is 0.564 bits per heavy atom. The molecule has 0 aliphatic carbocycles. The maximum Gasteiger partial charge on any atom is 0.307 e. The molecule has 9 atom stereocenters. The highest BCUT2D eigenvalue weighted by Gasteiger charge is 2.35. The zero-order chi connectivity index (χ0) is 57.5. The zero-order valence-corrected chi connectivity index (χ0v) is 43.3. The number of aliphatic carboxylic acids is 2. The highest BCUT2D eigenvalue weighted by molar-refractivity contribution is 8.00. The van der Waals surface area contributed by atoms with Crippen LogP contribution >= 0.6 is 11.8 Å². The second-order valence-corrected chi connectivity index (χ2v) is 19.5. The molecule has 0 unspecified atom stereocenters. The Labute approximate surface area is 451 Å². The third-order valence-electron chi connectivity index (χ3n) is 12.1. The first-order valence-corrected chi connectivity index (χ1v) is 25.9. The predicted octanol–water partition coefficient (Wildman–Crippen LogP) is -5.43. The van der Waals surface area contributed by atoms with Gasteiger partial charge in [0, 0.05) is 18.6 Å². The van der Waals surface area contributed by atoms with Crippen molar-refractivity contribution in [3.8, 4) is 0 Å². The van der Waals surface area contributed by atoms with Crippen LogP contribution in [-0.4, -0.2) is 171 Å². The first-order chi connectivity index (χ1) is 37.0. The lowest BCUT2D eigenvalue weighted by atomic mass is 10.0. The highest BCUT2D eigenvalue weighted by Crippen LogP contribution is 2.13. The summed E-state index contributed by atoms with van der Waals surface area (Å²) < 4.78 is 0. The number of carboxylic acid groups (broad SMARTS) is 2. The fourth-order valence-electron chi connectivity index (χ4n) is 7.98. The Hall–Kier alpha value is -8.18. The maximum atomic E-state index is 14.1. The molecule has 2 bridgehead atoms. The van der Waals surface area contributed by atoms with Crippen LogP contribution in [0.1, 0.15) is 68.6 Å². The molecule has 424 valence electrons. The second-order valence-electron chi connectivity index (χ2n) is 18.5. The summed E-state index contributed by atoms with van der Waals surface area (Å²) >= 11 is 0.832. The smallest absolute Gasteiger partial charge is 0.307 e. The van der Waals surface area contributed by atoms with Crippen molar-refractivity contribution in [2.75, 3.05) is 24.6 Å². The monoisotopic (exact) mass is 1110 g/mol. The molecule has 5 rings (SSSR count). The molecule has 0 aromatic heterocycles. The second kappa shape index (κ2) is 31.1. The summed E-state index contributed by atoms with van der Waals surface area (Å²) in [4.78, 5) is 173. The Balaban J connectivity index is 1.78. The molecule has 0 saturated carbocycles. The summed E-state index contributed by atoms with van der Waals surface area (Å²) in [5, 5.41) is 54.5. The number of benzene rings is 2. The summed E-state index contributed by atoms with van der Waals surface area (Å²) in [5.41, 5.74) is 12.3. The van der Waals surface area contributed by atoms with Crippen LogP contribution in [0.25, 0.3) is 0 Å². The quantitative estimate of drug-likeness (QED) is 0.0934. The first-order valence-electron chi connectivity index (χ1n) is 24.8. The molecule has 11 amide bonds. The lowest BCUT2D eigenvalue weighted by Crippen LogP contribution is -2.60. The van der Waals surface area contributed by atoms with Gasteiger partial charge in [0.05, 0.1) is 31.6 Å². The number of amides is 11. The van der Waals surface area contributed by atoms with Crippen molar-refractivity contribution in [2.45, 2.75) is 126 Å². The standard InChI is InChI=1S/C49H66N12O16S/c1-25-43(71)53-22-38(64)56-31(18-27-10-12-28(13-11-27)19-40(66)67)47(75)60-34(21-41(68)69)49(77)59-33(20-36(50)62)48(76)57-30-14-15-37(63)52-16-6-5-9-29(55-39(65)24-78-23-35(42(51)70)61-45(30)73)44(72)58-32(46(74)54-25)17-26-7-3-2-4-8-26/h2-4,7-8,10-13,25,29-35,37,52,63H,5-6,9,14-24H2,1H3,(H2,50,62)(H2,51,70)(H,53,71)(H,54,74)(H,55,65)(H,56,64)(H,57,76)(H,58,72)(H,59,77)(H,60,75)(H,61,73)(H,66,67)(H,68,69)/t25-,29-,30-,31-,32-,33-,34-,35-,37+/m0/s1. The summed E-state index contributed by atoms with van der Waals surface area (Å²) in [6, 6.07) is 1.53. The van der Waals surface area contributed by atoms with Crippen molar-refractivity contribution in [2.24, 2.45) is 11.5 Å². The molecule has 2 aromatic rings. The normalized spacial score (nSPS) is 25.7. The number of hydrogen-bond acceptors (Lipinski definition) is 16. The van der Waals surface area contributed by atoms with Gasteiger partial charge in [-0.2, -0.15) is 0 Å². The van der Waals surface area contributed by atoms with Crippen LogP contribution in [0.3, 0.4) is 0 Å². The average Bonchev–Trinajstić information content (AvgIpc) is 3.37. The number of aliphatic hydroxyl groups excluding tert-OH is 1. The molecule has 3 heterocycles. The van der Waals surface area contributed by atoms with Crippen LogP contribution in [-0.2, 0) is 81.6 Å². The van der Waals surface area contributed by atoms with Crippen molar-refractivity contribution in [1.82, 2.24) is 53.2 Å². The number of rotatable bonds is 11. The number of primary amides is 2. The van der Waals surface area contributed by atoms with Gasteiger partial charge in [0.25, 0.3) is 0 Å². The minimum Gasteiger partial charge on any atom is -0.481 e. The highest BCUT2D eigenvalue weighted by atomic mass is 32.2. The zero-order valence-electron chi connectivity index (χ0n) is 42.5. The number of aliphatic hydroxyl groups is 1. The molecule has 78 heavy (non-hydrogen) atoms.